The second kappa shape index (κ2) is 8.34. The molecule has 18 heavy (non-hydrogen) atoms. The number of aliphatic hydroxyl groups is 1. The molecule has 0 spiro atoms. The molecular formula is C11H22AlN2NaO3. The minimum absolute atomic E-state index is 0. The number of amidine groups is 1. The second-order valence-electron chi connectivity index (χ2n) is 4.21. The fourth-order valence-electron chi connectivity index (χ4n) is 2.31. The van der Waals surface area contributed by atoms with Gasteiger partial charge in [-0.15, -0.1) is 0 Å². The van der Waals surface area contributed by atoms with Crippen LogP contribution in [-0.4, -0.2) is 69.9 Å². The summed E-state index contributed by atoms with van der Waals surface area (Å²) < 4.78 is 0. The molecule has 98 valence electrons. The molecule has 0 fully saturated rings. The number of aliphatic hydroxyl groups excluding tert-OH is 1. The van der Waals surface area contributed by atoms with Crippen LogP contribution in [0, 0.1) is 11.3 Å². The number of rotatable bonds is 4. The van der Waals surface area contributed by atoms with Crippen LogP contribution >= 0.6 is 0 Å². The van der Waals surface area contributed by atoms with Gasteiger partial charge >= 0.3 is 29.6 Å². The van der Waals surface area contributed by atoms with Crippen LogP contribution in [-0.2, 0) is 9.59 Å². The first-order valence-corrected chi connectivity index (χ1v) is 5.62. The number of nitrogens with zero attached hydrogens (tertiary/aromatic N) is 1. The molecule has 2 atom stereocenters. The van der Waals surface area contributed by atoms with Gasteiger partial charge in [0.25, 0.3) is 11.9 Å². The summed E-state index contributed by atoms with van der Waals surface area (Å²) in [5.74, 6) is -1.04. The molecule has 0 aromatic rings. The number of carbonyl (C=O) groups excluding carboxylic acids is 2. The van der Waals surface area contributed by atoms with Crippen LogP contribution in [0.4, 0.5) is 0 Å². The summed E-state index contributed by atoms with van der Waals surface area (Å²) in [4.78, 5) is 27.2. The predicted molar refractivity (Wildman–Crippen MR) is 77.1 cm³/mol. The van der Waals surface area contributed by atoms with Crippen LogP contribution in [0.1, 0.15) is 40.0 Å². The van der Waals surface area contributed by atoms with Gasteiger partial charge in [-0.25, -0.2) is 0 Å². The Morgan fingerprint density at radius 2 is 1.94 bits per heavy atom. The van der Waals surface area contributed by atoms with Gasteiger partial charge in [0.2, 0.25) is 5.91 Å². The molecule has 0 bridgehead atoms. The van der Waals surface area contributed by atoms with Crippen molar-refractivity contribution in [1.82, 2.24) is 5.32 Å². The summed E-state index contributed by atoms with van der Waals surface area (Å²) >= 11 is 0. The zero-order chi connectivity index (χ0) is 12.3. The van der Waals surface area contributed by atoms with Crippen molar-refractivity contribution < 1.29 is 14.7 Å². The number of hydrogen-bond donors (Lipinski definition) is 2. The molecular weight excluding hydrogens is 258 g/mol. The predicted octanol–water partition coefficient (Wildman–Crippen LogP) is -0.443. The average molecular weight is 280 g/mol. The van der Waals surface area contributed by atoms with Gasteiger partial charge in [-0.2, -0.15) is 4.99 Å². The molecule has 1 heterocycles. The van der Waals surface area contributed by atoms with E-state index in [9.17, 15) is 9.59 Å². The standard InChI is InChI=1S/C11H18N2O3.Al.Na.4H/c1-4-6-7(3)11(5-2)8(14)12-10(16)13-9(11)15;;;;;;/h7H,4-6H2,1-3H3,(H2,12,13,14,15,16);;;;;;. The Morgan fingerprint density at radius 1 is 1.39 bits per heavy atom. The van der Waals surface area contributed by atoms with Gasteiger partial charge in [0.1, 0.15) is 5.41 Å². The zero-order valence-corrected chi connectivity index (χ0v) is 9.91. The molecule has 2 amide bonds. The van der Waals surface area contributed by atoms with Crippen molar-refractivity contribution in [3.63, 3.8) is 0 Å². The van der Waals surface area contributed by atoms with Gasteiger partial charge in [-0.3, -0.25) is 14.9 Å². The molecule has 0 saturated heterocycles. The second-order valence-corrected chi connectivity index (χ2v) is 4.21. The van der Waals surface area contributed by atoms with Crippen LogP contribution in [0.5, 0.6) is 0 Å². The molecule has 0 aromatic carbocycles. The first kappa shape index (κ1) is 20.5. The summed E-state index contributed by atoms with van der Waals surface area (Å²) in [6.45, 7) is 5.68. The SMILES string of the molecule is CCCC(C)C1(CC)C(=O)N=C(O)NC1=O.[AlH3].[NaH]. The molecule has 1 aliphatic heterocycles. The Bertz CT molecular complexity index is 349. The third-order valence-corrected chi connectivity index (χ3v) is 3.34. The minimum atomic E-state index is -1.11. The molecule has 2 unspecified atom stereocenters. The van der Waals surface area contributed by atoms with Crippen molar-refractivity contribution in [2.24, 2.45) is 16.3 Å². The first-order valence-electron chi connectivity index (χ1n) is 5.62. The summed E-state index contributed by atoms with van der Waals surface area (Å²) in [5.41, 5.74) is -1.11. The molecule has 2 N–H and O–H groups in total. The van der Waals surface area contributed by atoms with E-state index in [-0.39, 0.29) is 52.8 Å². The van der Waals surface area contributed by atoms with E-state index in [1.165, 1.54) is 0 Å². The number of hydrogen-bond acceptors (Lipinski definition) is 2. The van der Waals surface area contributed by atoms with Gasteiger partial charge in [-0.1, -0.05) is 27.2 Å². The third kappa shape index (κ3) is 3.58. The first-order chi connectivity index (χ1) is 7.48. The Morgan fingerprint density at radius 3 is 2.33 bits per heavy atom. The molecule has 0 aliphatic carbocycles. The quantitative estimate of drug-likeness (QED) is 0.541. The van der Waals surface area contributed by atoms with Crippen molar-refractivity contribution in [2.75, 3.05) is 0 Å². The molecule has 0 aromatic heterocycles. The fourth-order valence-corrected chi connectivity index (χ4v) is 2.31. The molecule has 0 saturated carbocycles. The number of aliphatic imine (C=N–C) groups is 1. The van der Waals surface area contributed by atoms with E-state index in [0.29, 0.717) is 6.42 Å². The monoisotopic (exact) mass is 280 g/mol. The van der Waals surface area contributed by atoms with E-state index in [4.69, 9.17) is 5.11 Å². The molecule has 1 rings (SSSR count). The third-order valence-electron chi connectivity index (χ3n) is 3.34. The van der Waals surface area contributed by atoms with Crippen molar-refractivity contribution in [1.29, 1.82) is 0 Å². The maximum absolute atomic E-state index is 11.9. The van der Waals surface area contributed by atoms with E-state index in [0.717, 1.165) is 12.8 Å². The van der Waals surface area contributed by atoms with E-state index in [1.54, 1.807) is 6.92 Å². The van der Waals surface area contributed by atoms with E-state index >= 15 is 0 Å². The van der Waals surface area contributed by atoms with Gasteiger partial charge in [-0.05, 0) is 18.8 Å². The fraction of sp³-hybridized carbons (Fsp3) is 0.727. The Hall–Kier alpha value is 0.142. The summed E-state index contributed by atoms with van der Waals surface area (Å²) in [7, 11) is 0. The van der Waals surface area contributed by atoms with Crippen molar-refractivity contribution in [2.45, 2.75) is 40.0 Å². The number of carbonyl (C=O) groups is 2. The topological polar surface area (TPSA) is 78.8 Å². The molecule has 5 nitrogen and oxygen atoms in total. The van der Waals surface area contributed by atoms with Gasteiger partial charge in [0.05, 0.1) is 0 Å². The number of amides is 2. The number of nitrogens with one attached hydrogen (secondary N) is 1. The normalized spacial score (nSPS) is 24.3. The Kier molecular flexibility index (Phi) is 9.48. The molecule has 7 heteroatoms. The Balaban J connectivity index is 0. The van der Waals surface area contributed by atoms with E-state index in [2.05, 4.69) is 10.3 Å². The van der Waals surface area contributed by atoms with Crippen LogP contribution in [0.3, 0.4) is 0 Å². The molecule has 0 radical (unpaired) electrons. The molecule has 1 aliphatic rings. The Labute approximate surface area is 140 Å². The van der Waals surface area contributed by atoms with E-state index in [1.807, 2.05) is 13.8 Å². The van der Waals surface area contributed by atoms with Crippen LogP contribution < -0.4 is 5.32 Å². The van der Waals surface area contributed by atoms with Crippen LogP contribution in [0.2, 0.25) is 0 Å². The van der Waals surface area contributed by atoms with Crippen molar-refractivity contribution >= 4 is 64.8 Å². The van der Waals surface area contributed by atoms with E-state index < -0.39 is 23.3 Å². The van der Waals surface area contributed by atoms with Crippen LogP contribution in [0.15, 0.2) is 4.99 Å². The van der Waals surface area contributed by atoms with Gasteiger partial charge in [0.15, 0.2) is 17.4 Å². The van der Waals surface area contributed by atoms with Gasteiger partial charge in [0, 0.05) is 0 Å². The summed E-state index contributed by atoms with van der Waals surface area (Å²) in [6.07, 6.45) is 2.08. The van der Waals surface area contributed by atoms with Gasteiger partial charge < -0.3 is 5.11 Å². The van der Waals surface area contributed by atoms with Crippen molar-refractivity contribution in [3.8, 4) is 0 Å². The van der Waals surface area contributed by atoms with Crippen LogP contribution in [0.25, 0.3) is 0 Å². The zero-order valence-electron chi connectivity index (χ0n) is 9.91. The summed E-state index contributed by atoms with van der Waals surface area (Å²) in [6, 6.07) is -0.595. The summed E-state index contributed by atoms with van der Waals surface area (Å²) in [5, 5.41) is 11.3. The van der Waals surface area contributed by atoms with Crippen molar-refractivity contribution in [3.05, 3.63) is 0 Å². The maximum atomic E-state index is 11.9. The average Bonchev–Trinajstić information content (AvgIpc) is 2.18.